The number of anilines is 1. The topological polar surface area (TPSA) is 3.24 Å². The number of benzene rings is 1. The maximum absolute atomic E-state index is 5.98. The van der Waals surface area contributed by atoms with Gasteiger partial charge in [0, 0.05) is 35.1 Å². The molecular formula is C14H15Cl2NS. The standard InChI is InChI=1S/C14H15Cl2NS/c1-17(7-6-13-3-2-8-18-13)14-5-4-12(16)9-11(14)10-15/h2-5,8-9H,6-7,10H2,1H3. The van der Waals surface area contributed by atoms with Crippen LogP contribution < -0.4 is 4.90 Å². The van der Waals surface area contributed by atoms with Crippen molar-refractivity contribution in [2.75, 3.05) is 18.5 Å². The van der Waals surface area contributed by atoms with Crippen molar-refractivity contribution in [1.82, 2.24) is 0 Å². The molecule has 1 aromatic carbocycles. The van der Waals surface area contributed by atoms with Crippen LogP contribution >= 0.6 is 34.5 Å². The lowest BCUT2D eigenvalue weighted by atomic mass is 10.2. The van der Waals surface area contributed by atoms with Gasteiger partial charge in [-0.2, -0.15) is 0 Å². The molecule has 0 unspecified atom stereocenters. The van der Waals surface area contributed by atoms with E-state index in [0.717, 1.165) is 29.2 Å². The minimum Gasteiger partial charge on any atom is -0.374 e. The van der Waals surface area contributed by atoms with Crippen LogP contribution in [0.5, 0.6) is 0 Å². The summed E-state index contributed by atoms with van der Waals surface area (Å²) in [7, 11) is 2.09. The Bertz CT molecular complexity index is 497. The third kappa shape index (κ3) is 3.41. The molecule has 96 valence electrons. The van der Waals surface area contributed by atoms with E-state index in [0.29, 0.717) is 5.88 Å². The van der Waals surface area contributed by atoms with E-state index in [1.54, 1.807) is 11.3 Å². The van der Waals surface area contributed by atoms with Crippen molar-refractivity contribution >= 4 is 40.2 Å². The van der Waals surface area contributed by atoms with Crippen LogP contribution in [0.15, 0.2) is 35.7 Å². The van der Waals surface area contributed by atoms with Crippen LogP contribution in [0.2, 0.25) is 5.02 Å². The number of alkyl halides is 1. The maximum Gasteiger partial charge on any atom is 0.0495 e. The van der Waals surface area contributed by atoms with E-state index >= 15 is 0 Å². The minimum atomic E-state index is 0.485. The number of hydrogen-bond donors (Lipinski definition) is 0. The van der Waals surface area contributed by atoms with Crippen LogP contribution in [-0.4, -0.2) is 13.6 Å². The zero-order valence-electron chi connectivity index (χ0n) is 10.2. The molecule has 0 spiro atoms. The second-order valence-corrected chi connectivity index (χ2v) is 5.89. The number of likely N-dealkylation sites (N-methyl/N-ethyl adjacent to an activating group) is 1. The zero-order valence-corrected chi connectivity index (χ0v) is 12.5. The van der Waals surface area contributed by atoms with Crippen molar-refractivity contribution in [3.63, 3.8) is 0 Å². The number of nitrogens with zero attached hydrogens (tertiary/aromatic N) is 1. The second-order valence-electron chi connectivity index (χ2n) is 4.16. The molecule has 2 aromatic rings. The van der Waals surface area contributed by atoms with E-state index in [9.17, 15) is 0 Å². The molecule has 1 aromatic heterocycles. The van der Waals surface area contributed by atoms with E-state index in [1.165, 1.54) is 4.88 Å². The van der Waals surface area contributed by atoms with Gasteiger partial charge < -0.3 is 4.90 Å². The number of rotatable bonds is 5. The average molecular weight is 300 g/mol. The van der Waals surface area contributed by atoms with Gasteiger partial charge in [0.05, 0.1) is 0 Å². The van der Waals surface area contributed by atoms with Gasteiger partial charge in [-0.15, -0.1) is 22.9 Å². The van der Waals surface area contributed by atoms with Gasteiger partial charge in [0.2, 0.25) is 0 Å². The highest BCUT2D eigenvalue weighted by Gasteiger charge is 2.08. The average Bonchev–Trinajstić information content (AvgIpc) is 2.88. The summed E-state index contributed by atoms with van der Waals surface area (Å²) in [5.41, 5.74) is 2.24. The summed E-state index contributed by atoms with van der Waals surface area (Å²) >= 11 is 13.7. The van der Waals surface area contributed by atoms with Gasteiger partial charge in [0.15, 0.2) is 0 Å². The highest BCUT2D eigenvalue weighted by atomic mass is 35.5. The van der Waals surface area contributed by atoms with Gasteiger partial charge in [0.1, 0.15) is 0 Å². The molecule has 0 bridgehead atoms. The van der Waals surface area contributed by atoms with Crippen molar-refractivity contribution < 1.29 is 0 Å². The van der Waals surface area contributed by atoms with Crippen molar-refractivity contribution in [1.29, 1.82) is 0 Å². The third-order valence-corrected chi connectivity index (χ3v) is 4.33. The van der Waals surface area contributed by atoms with Crippen molar-refractivity contribution in [2.24, 2.45) is 0 Å². The molecule has 4 heteroatoms. The van der Waals surface area contributed by atoms with Gasteiger partial charge in [-0.3, -0.25) is 0 Å². The molecular weight excluding hydrogens is 285 g/mol. The zero-order chi connectivity index (χ0) is 13.0. The molecule has 0 N–H and O–H groups in total. The Hall–Kier alpha value is -0.700. The van der Waals surface area contributed by atoms with Gasteiger partial charge in [-0.1, -0.05) is 17.7 Å². The van der Waals surface area contributed by atoms with Crippen LogP contribution in [0.3, 0.4) is 0 Å². The lowest BCUT2D eigenvalue weighted by Crippen LogP contribution is -2.21. The number of hydrogen-bond acceptors (Lipinski definition) is 2. The van der Waals surface area contributed by atoms with Crippen LogP contribution in [0.25, 0.3) is 0 Å². The predicted octanol–water partition coefficient (Wildman–Crippen LogP) is 4.82. The summed E-state index contributed by atoms with van der Waals surface area (Å²) in [5, 5.41) is 2.85. The first-order valence-corrected chi connectivity index (χ1v) is 7.58. The van der Waals surface area contributed by atoms with Crippen LogP contribution in [0.4, 0.5) is 5.69 Å². The largest absolute Gasteiger partial charge is 0.374 e. The van der Waals surface area contributed by atoms with Crippen LogP contribution in [0, 0.1) is 0 Å². The molecule has 0 fully saturated rings. The fourth-order valence-electron chi connectivity index (χ4n) is 1.89. The predicted molar refractivity (Wildman–Crippen MR) is 82.3 cm³/mol. The lowest BCUT2D eigenvalue weighted by Gasteiger charge is -2.21. The van der Waals surface area contributed by atoms with Crippen molar-refractivity contribution in [3.05, 3.63) is 51.2 Å². The van der Waals surface area contributed by atoms with E-state index in [2.05, 4.69) is 29.5 Å². The summed E-state index contributed by atoms with van der Waals surface area (Å²) in [6, 6.07) is 10.1. The van der Waals surface area contributed by atoms with Gasteiger partial charge >= 0.3 is 0 Å². The quantitative estimate of drug-likeness (QED) is 0.716. The SMILES string of the molecule is CN(CCc1cccs1)c1ccc(Cl)cc1CCl. The normalized spacial score (nSPS) is 10.6. The summed E-state index contributed by atoms with van der Waals surface area (Å²) in [4.78, 5) is 3.64. The van der Waals surface area contributed by atoms with Gasteiger partial charge in [0.25, 0.3) is 0 Å². The Morgan fingerprint density at radius 1 is 1.28 bits per heavy atom. The smallest absolute Gasteiger partial charge is 0.0495 e. The molecule has 1 heterocycles. The summed E-state index contributed by atoms with van der Waals surface area (Å²) in [6.07, 6.45) is 1.05. The maximum atomic E-state index is 5.98. The molecule has 1 nitrogen and oxygen atoms in total. The first kappa shape index (κ1) is 13.7. The Morgan fingerprint density at radius 2 is 2.11 bits per heavy atom. The first-order chi connectivity index (χ1) is 8.70. The fourth-order valence-corrected chi connectivity index (χ4v) is 2.99. The molecule has 18 heavy (non-hydrogen) atoms. The number of halogens is 2. The molecule has 0 saturated carbocycles. The molecule has 0 amide bonds. The highest BCUT2D eigenvalue weighted by molar-refractivity contribution is 7.09. The minimum absolute atomic E-state index is 0.485. The Kier molecular flexibility index (Phi) is 4.93. The first-order valence-electron chi connectivity index (χ1n) is 5.78. The highest BCUT2D eigenvalue weighted by Crippen LogP contribution is 2.25. The summed E-state index contributed by atoms with van der Waals surface area (Å²) < 4.78 is 0. The van der Waals surface area contributed by atoms with Crippen LogP contribution in [-0.2, 0) is 12.3 Å². The Labute approximate surface area is 122 Å². The lowest BCUT2D eigenvalue weighted by molar-refractivity contribution is 0.882. The van der Waals surface area contributed by atoms with E-state index in [1.807, 2.05) is 18.2 Å². The molecule has 2 rings (SSSR count). The summed E-state index contributed by atoms with van der Waals surface area (Å²) in [6.45, 7) is 0.978. The molecule has 0 saturated heterocycles. The number of thiophene rings is 1. The van der Waals surface area contributed by atoms with E-state index in [-0.39, 0.29) is 0 Å². The van der Waals surface area contributed by atoms with Gasteiger partial charge in [-0.25, -0.2) is 0 Å². The van der Waals surface area contributed by atoms with Crippen molar-refractivity contribution in [2.45, 2.75) is 12.3 Å². The Balaban J connectivity index is 2.06. The van der Waals surface area contributed by atoms with Gasteiger partial charge in [-0.05, 0) is 41.6 Å². The molecule has 0 radical (unpaired) electrons. The van der Waals surface area contributed by atoms with E-state index in [4.69, 9.17) is 23.2 Å². The molecule has 0 aliphatic carbocycles. The van der Waals surface area contributed by atoms with Crippen molar-refractivity contribution in [3.8, 4) is 0 Å². The molecule has 0 aliphatic rings. The molecule has 0 atom stereocenters. The third-order valence-electron chi connectivity index (χ3n) is 2.87. The monoisotopic (exact) mass is 299 g/mol. The summed E-state index contributed by atoms with van der Waals surface area (Å²) in [5.74, 6) is 0.485. The Morgan fingerprint density at radius 3 is 2.78 bits per heavy atom. The second kappa shape index (κ2) is 6.46. The molecule has 0 aliphatic heterocycles. The van der Waals surface area contributed by atoms with E-state index < -0.39 is 0 Å². The fraction of sp³-hybridized carbons (Fsp3) is 0.286. The van der Waals surface area contributed by atoms with Crippen LogP contribution in [0.1, 0.15) is 10.4 Å².